The first-order chi connectivity index (χ1) is 14.0. The summed E-state index contributed by atoms with van der Waals surface area (Å²) >= 11 is 6.87. The highest BCUT2D eigenvalue weighted by Crippen LogP contribution is 2.22. The standard InChI is InChI=1S/C23H28Br2N2O3/c1-15-12-19(10-11-20(15)25)30-14-21(28)27(13-17-6-8-18(24)9-7-17)16(2)22(29)26-23(3,4)5/h6-12,16H,13-14H2,1-5H3,(H,26,29)/t16-/m1/s1. The van der Waals surface area contributed by atoms with Crippen molar-refractivity contribution >= 4 is 43.7 Å². The van der Waals surface area contributed by atoms with Crippen molar-refractivity contribution in [2.45, 2.75) is 52.7 Å². The van der Waals surface area contributed by atoms with Crippen molar-refractivity contribution < 1.29 is 14.3 Å². The lowest BCUT2D eigenvalue weighted by Crippen LogP contribution is -2.53. The van der Waals surface area contributed by atoms with E-state index in [1.54, 1.807) is 17.9 Å². The van der Waals surface area contributed by atoms with Crippen molar-refractivity contribution in [1.82, 2.24) is 10.2 Å². The average molecular weight is 540 g/mol. The second kappa shape index (κ2) is 10.4. The lowest BCUT2D eigenvalue weighted by Gasteiger charge is -2.31. The van der Waals surface area contributed by atoms with Crippen molar-refractivity contribution in [2.24, 2.45) is 0 Å². The molecule has 162 valence electrons. The first kappa shape index (κ1) is 24.4. The molecule has 0 saturated carbocycles. The smallest absolute Gasteiger partial charge is 0.261 e. The number of rotatable bonds is 7. The lowest BCUT2D eigenvalue weighted by atomic mass is 10.1. The molecule has 0 aliphatic rings. The average Bonchev–Trinajstić information content (AvgIpc) is 2.66. The topological polar surface area (TPSA) is 58.6 Å². The van der Waals surface area contributed by atoms with Gasteiger partial charge in [-0.2, -0.15) is 0 Å². The Labute approximate surface area is 195 Å². The van der Waals surface area contributed by atoms with Gasteiger partial charge in [-0.05, 0) is 76.1 Å². The minimum Gasteiger partial charge on any atom is -0.484 e. The molecule has 2 aromatic carbocycles. The van der Waals surface area contributed by atoms with E-state index in [0.29, 0.717) is 12.3 Å². The third kappa shape index (κ3) is 7.43. The molecule has 30 heavy (non-hydrogen) atoms. The number of aryl methyl sites for hydroxylation is 1. The number of amides is 2. The first-order valence-electron chi connectivity index (χ1n) is 9.71. The van der Waals surface area contributed by atoms with E-state index >= 15 is 0 Å². The van der Waals surface area contributed by atoms with Crippen LogP contribution in [0.3, 0.4) is 0 Å². The Morgan fingerprint density at radius 1 is 1.10 bits per heavy atom. The van der Waals surface area contributed by atoms with Crippen LogP contribution in [0.4, 0.5) is 0 Å². The van der Waals surface area contributed by atoms with Gasteiger partial charge in [-0.3, -0.25) is 9.59 Å². The summed E-state index contributed by atoms with van der Waals surface area (Å²) in [6.45, 7) is 9.60. The van der Waals surface area contributed by atoms with Gasteiger partial charge in [0.05, 0.1) is 0 Å². The van der Waals surface area contributed by atoms with Crippen LogP contribution < -0.4 is 10.1 Å². The molecule has 0 aliphatic carbocycles. The fourth-order valence-electron chi connectivity index (χ4n) is 2.78. The predicted octanol–water partition coefficient (Wildman–Crippen LogP) is 5.23. The van der Waals surface area contributed by atoms with E-state index in [1.807, 2.05) is 64.1 Å². The van der Waals surface area contributed by atoms with E-state index in [-0.39, 0.29) is 24.0 Å². The van der Waals surface area contributed by atoms with E-state index in [1.165, 1.54) is 0 Å². The largest absolute Gasteiger partial charge is 0.484 e. The minimum atomic E-state index is -0.643. The molecule has 2 amide bonds. The maximum atomic E-state index is 13.1. The van der Waals surface area contributed by atoms with Crippen LogP contribution in [0, 0.1) is 6.92 Å². The second-order valence-corrected chi connectivity index (χ2v) is 10.0. The Balaban J connectivity index is 2.17. The van der Waals surface area contributed by atoms with Crippen LogP contribution in [0.1, 0.15) is 38.8 Å². The molecule has 2 rings (SSSR count). The number of benzene rings is 2. The van der Waals surface area contributed by atoms with Gasteiger partial charge >= 0.3 is 0 Å². The SMILES string of the molecule is Cc1cc(OCC(=O)N(Cc2ccc(Br)cc2)[C@H](C)C(=O)NC(C)(C)C)ccc1Br. The Hall–Kier alpha value is -1.86. The summed E-state index contributed by atoms with van der Waals surface area (Å²) in [5.74, 6) is 0.155. The summed E-state index contributed by atoms with van der Waals surface area (Å²) in [6.07, 6.45) is 0. The van der Waals surface area contributed by atoms with Crippen molar-refractivity contribution in [1.29, 1.82) is 0 Å². The molecule has 7 heteroatoms. The second-order valence-electron chi connectivity index (χ2n) is 8.26. The van der Waals surface area contributed by atoms with Crippen LogP contribution in [0.5, 0.6) is 5.75 Å². The van der Waals surface area contributed by atoms with Gasteiger partial charge in [0.15, 0.2) is 6.61 Å². The molecule has 5 nitrogen and oxygen atoms in total. The molecule has 0 fully saturated rings. The van der Waals surface area contributed by atoms with Gasteiger partial charge in [0.1, 0.15) is 11.8 Å². The first-order valence-corrected chi connectivity index (χ1v) is 11.3. The van der Waals surface area contributed by atoms with Gasteiger partial charge < -0.3 is 15.0 Å². The summed E-state index contributed by atoms with van der Waals surface area (Å²) in [5, 5.41) is 2.95. The number of hydrogen-bond donors (Lipinski definition) is 1. The zero-order valence-corrected chi connectivity index (χ0v) is 21.1. The van der Waals surface area contributed by atoms with Crippen LogP contribution in [0.15, 0.2) is 51.4 Å². The number of hydrogen-bond acceptors (Lipinski definition) is 3. The third-order valence-electron chi connectivity index (χ3n) is 4.42. The zero-order chi connectivity index (χ0) is 22.5. The van der Waals surface area contributed by atoms with E-state index in [0.717, 1.165) is 20.1 Å². The van der Waals surface area contributed by atoms with E-state index in [9.17, 15) is 9.59 Å². The highest BCUT2D eigenvalue weighted by atomic mass is 79.9. The van der Waals surface area contributed by atoms with Gasteiger partial charge in [-0.1, -0.05) is 44.0 Å². The van der Waals surface area contributed by atoms with Crippen molar-refractivity contribution in [2.75, 3.05) is 6.61 Å². The highest BCUT2D eigenvalue weighted by molar-refractivity contribution is 9.10. The molecule has 0 saturated heterocycles. The van der Waals surface area contributed by atoms with Crippen LogP contribution in [0.25, 0.3) is 0 Å². The molecular formula is C23H28Br2N2O3. The summed E-state index contributed by atoms with van der Waals surface area (Å²) in [5.41, 5.74) is 1.56. The molecule has 0 radical (unpaired) electrons. The van der Waals surface area contributed by atoms with Crippen LogP contribution in [-0.2, 0) is 16.1 Å². The Morgan fingerprint density at radius 3 is 2.30 bits per heavy atom. The third-order valence-corrected chi connectivity index (χ3v) is 5.84. The van der Waals surface area contributed by atoms with Crippen LogP contribution >= 0.6 is 31.9 Å². The summed E-state index contributed by atoms with van der Waals surface area (Å²) in [4.78, 5) is 27.4. The Bertz CT molecular complexity index is 892. The molecule has 0 aromatic heterocycles. The molecule has 0 heterocycles. The molecule has 0 spiro atoms. The molecule has 1 N–H and O–H groups in total. The summed E-state index contributed by atoms with van der Waals surface area (Å²) < 4.78 is 7.65. The van der Waals surface area contributed by atoms with Gasteiger partial charge in [0.25, 0.3) is 5.91 Å². The number of nitrogens with one attached hydrogen (secondary N) is 1. The van der Waals surface area contributed by atoms with Gasteiger partial charge in [0.2, 0.25) is 5.91 Å². The summed E-state index contributed by atoms with van der Waals surface area (Å²) in [6, 6.07) is 12.6. The van der Waals surface area contributed by atoms with Gasteiger partial charge in [0, 0.05) is 21.0 Å². The van der Waals surface area contributed by atoms with E-state index < -0.39 is 6.04 Å². The maximum Gasteiger partial charge on any atom is 0.261 e. The molecule has 0 unspecified atom stereocenters. The fourth-order valence-corrected chi connectivity index (χ4v) is 3.29. The lowest BCUT2D eigenvalue weighted by molar-refractivity contribution is -0.142. The highest BCUT2D eigenvalue weighted by Gasteiger charge is 2.28. The monoisotopic (exact) mass is 538 g/mol. The molecule has 0 bridgehead atoms. The normalized spacial score (nSPS) is 12.2. The number of nitrogens with zero attached hydrogens (tertiary/aromatic N) is 1. The van der Waals surface area contributed by atoms with E-state index in [4.69, 9.17) is 4.74 Å². The Morgan fingerprint density at radius 2 is 1.73 bits per heavy atom. The fraction of sp³-hybridized carbons (Fsp3) is 0.391. The van der Waals surface area contributed by atoms with Crippen LogP contribution in [-0.4, -0.2) is 34.9 Å². The predicted molar refractivity (Wildman–Crippen MR) is 126 cm³/mol. The molecule has 0 aliphatic heterocycles. The molecule has 1 atom stereocenters. The number of carbonyl (C=O) groups excluding carboxylic acids is 2. The number of halogens is 2. The van der Waals surface area contributed by atoms with Crippen molar-refractivity contribution in [3.63, 3.8) is 0 Å². The maximum absolute atomic E-state index is 13.1. The molecular weight excluding hydrogens is 512 g/mol. The quantitative estimate of drug-likeness (QED) is 0.524. The van der Waals surface area contributed by atoms with Crippen molar-refractivity contribution in [3.8, 4) is 5.75 Å². The molecule has 2 aromatic rings. The number of carbonyl (C=O) groups is 2. The Kier molecular flexibility index (Phi) is 8.50. The van der Waals surface area contributed by atoms with Crippen LogP contribution in [0.2, 0.25) is 0 Å². The zero-order valence-electron chi connectivity index (χ0n) is 18.0. The van der Waals surface area contributed by atoms with Crippen molar-refractivity contribution in [3.05, 3.63) is 62.5 Å². The van der Waals surface area contributed by atoms with Gasteiger partial charge in [-0.25, -0.2) is 0 Å². The van der Waals surface area contributed by atoms with Gasteiger partial charge in [-0.15, -0.1) is 0 Å². The minimum absolute atomic E-state index is 0.148. The van der Waals surface area contributed by atoms with E-state index in [2.05, 4.69) is 37.2 Å². The summed E-state index contributed by atoms with van der Waals surface area (Å²) in [7, 11) is 0. The number of ether oxygens (including phenoxy) is 1.